The van der Waals surface area contributed by atoms with Crippen LogP contribution in [0, 0.1) is 0 Å². The van der Waals surface area contributed by atoms with E-state index in [1.165, 1.54) is 0 Å². The summed E-state index contributed by atoms with van der Waals surface area (Å²) in [6.45, 7) is 5.74. The number of piperazine rings is 1. The van der Waals surface area contributed by atoms with Crippen molar-refractivity contribution in [1.29, 1.82) is 0 Å². The molecule has 1 aromatic rings. The number of benzene rings is 1. The molecule has 1 saturated heterocycles. The maximum atomic E-state index is 12.2. The summed E-state index contributed by atoms with van der Waals surface area (Å²) in [6, 6.07) is 3.54. The van der Waals surface area contributed by atoms with E-state index in [9.17, 15) is 4.79 Å². The third kappa shape index (κ3) is 4.55. The minimum absolute atomic E-state index is 0.0509. The summed E-state index contributed by atoms with van der Waals surface area (Å²) >= 11 is 0. The zero-order chi connectivity index (χ0) is 18.4. The summed E-state index contributed by atoms with van der Waals surface area (Å²) in [7, 11) is 4.82. The number of hydrogen-bond donors (Lipinski definition) is 1. The lowest BCUT2D eigenvalue weighted by Crippen LogP contribution is -2.52. The van der Waals surface area contributed by atoms with E-state index < -0.39 is 0 Å². The lowest BCUT2D eigenvalue weighted by atomic mass is 10.1. The van der Waals surface area contributed by atoms with Crippen LogP contribution in [0.3, 0.4) is 0 Å². The molecule has 1 fully saturated rings. The Bertz CT molecular complexity index is 561. The normalized spacial score (nSPS) is 16.4. The third-order valence-corrected chi connectivity index (χ3v) is 4.57. The Morgan fingerprint density at radius 3 is 2.08 bits per heavy atom. The smallest absolute Gasteiger partial charge is 0.239 e. The number of nitrogens with zero attached hydrogens (tertiary/aromatic N) is 2. The van der Waals surface area contributed by atoms with E-state index in [0.717, 1.165) is 25.2 Å². The van der Waals surface area contributed by atoms with Gasteiger partial charge in [-0.3, -0.25) is 9.69 Å². The minimum atomic E-state index is -0.387. The molecule has 0 radical (unpaired) electrons. The van der Waals surface area contributed by atoms with Crippen LogP contribution < -0.4 is 19.9 Å². The van der Waals surface area contributed by atoms with Crippen molar-refractivity contribution in [2.24, 2.45) is 5.73 Å². The van der Waals surface area contributed by atoms with Gasteiger partial charge >= 0.3 is 0 Å². The summed E-state index contributed by atoms with van der Waals surface area (Å²) in [5, 5.41) is 0. The molecule has 140 valence electrons. The zero-order valence-electron chi connectivity index (χ0n) is 15.6. The van der Waals surface area contributed by atoms with E-state index in [0.29, 0.717) is 36.8 Å². The van der Waals surface area contributed by atoms with Crippen molar-refractivity contribution in [3.05, 3.63) is 17.7 Å². The van der Waals surface area contributed by atoms with Crippen LogP contribution in [0.2, 0.25) is 0 Å². The largest absolute Gasteiger partial charge is 0.493 e. The fourth-order valence-electron chi connectivity index (χ4n) is 3.02. The number of ether oxygens (including phenoxy) is 3. The molecule has 2 N–H and O–H groups in total. The van der Waals surface area contributed by atoms with Gasteiger partial charge in [-0.1, -0.05) is 6.92 Å². The molecule has 0 aromatic heterocycles. The zero-order valence-corrected chi connectivity index (χ0v) is 15.6. The molecule has 0 aliphatic carbocycles. The number of hydrogen-bond acceptors (Lipinski definition) is 6. The minimum Gasteiger partial charge on any atom is -0.493 e. The quantitative estimate of drug-likeness (QED) is 0.792. The van der Waals surface area contributed by atoms with Crippen LogP contribution in [-0.2, 0) is 11.3 Å². The third-order valence-electron chi connectivity index (χ3n) is 4.57. The lowest BCUT2D eigenvalue weighted by Gasteiger charge is -2.36. The van der Waals surface area contributed by atoms with Gasteiger partial charge in [-0.25, -0.2) is 0 Å². The van der Waals surface area contributed by atoms with E-state index in [2.05, 4.69) is 4.90 Å². The average molecular weight is 351 g/mol. The molecule has 7 nitrogen and oxygen atoms in total. The number of amides is 1. The van der Waals surface area contributed by atoms with E-state index in [1.807, 2.05) is 24.0 Å². The summed E-state index contributed by atoms with van der Waals surface area (Å²) in [4.78, 5) is 16.3. The van der Waals surface area contributed by atoms with Gasteiger partial charge in [0.1, 0.15) is 0 Å². The molecule has 0 bridgehead atoms. The number of rotatable bonds is 7. The highest BCUT2D eigenvalue weighted by atomic mass is 16.5. The van der Waals surface area contributed by atoms with Crippen LogP contribution in [0.15, 0.2) is 12.1 Å². The summed E-state index contributed by atoms with van der Waals surface area (Å²) in [6.07, 6.45) is 0.671. The molecule has 1 aliphatic rings. The molecule has 0 saturated carbocycles. The SMILES string of the molecule is CC[C@H](N)C(=O)N1CCN(Cc2cc(OC)c(OC)c(OC)c2)CC1. The maximum Gasteiger partial charge on any atom is 0.239 e. The topological polar surface area (TPSA) is 77.3 Å². The van der Waals surface area contributed by atoms with Crippen molar-refractivity contribution in [2.45, 2.75) is 25.9 Å². The number of carbonyl (C=O) groups is 1. The molecule has 1 heterocycles. The van der Waals surface area contributed by atoms with Gasteiger partial charge in [-0.05, 0) is 24.1 Å². The van der Waals surface area contributed by atoms with Crippen LogP contribution >= 0.6 is 0 Å². The first-order valence-corrected chi connectivity index (χ1v) is 8.59. The molecule has 1 atom stereocenters. The van der Waals surface area contributed by atoms with Gasteiger partial charge in [-0.15, -0.1) is 0 Å². The lowest BCUT2D eigenvalue weighted by molar-refractivity contribution is -0.134. The first-order chi connectivity index (χ1) is 12.0. The average Bonchev–Trinajstić information content (AvgIpc) is 2.66. The fraction of sp³-hybridized carbons (Fsp3) is 0.611. The molecule has 1 aliphatic heterocycles. The van der Waals surface area contributed by atoms with Gasteiger partial charge < -0.3 is 24.8 Å². The second-order valence-electron chi connectivity index (χ2n) is 6.15. The second kappa shape index (κ2) is 8.92. The number of nitrogens with two attached hydrogens (primary N) is 1. The Morgan fingerprint density at radius 1 is 1.08 bits per heavy atom. The van der Waals surface area contributed by atoms with Crippen LogP contribution in [0.1, 0.15) is 18.9 Å². The summed E-state index contributed by atoms with van der Waals surface area (Å²) in [5.74, 6) is 1.95. The van der Waals surface area contributed by atoms with E-state index in [-0.39, 0.29) is 11.9 Å². The predicted octanol–water partition coefficient (Wildman–Crippen LogP) is 1.09. The standard InChI is InChI=1S/C18H29N3O4/c1-5-14(19)18(22)21-8-6-20(7-9-21)12-13-10-15(23-2)17(25-4)16(11-13)24-3/h10-11,14H,5-9,12,19H2,1-4H3/t14-/m0/s1. The Balaban J connectivity index is 2.01. The van der Waals surface area contributed by atoms with Gasteiger partial charge in [0, 0.05) is 32.7 Å². The number of carbonyl (C=O) groups excluding carboxylic acids is 1. The number of methoxy groups -OCH3 is 3. The van der Waals surface area contributed by atoms with Crippen molar-refractivity contribution in [1.82, 2.24) is 9.80 Å². The van der Waals surface area contributed by atoms with Gasteiger partial charge in [0.05, 0.1) is 27.4 Å². The van der Waals surface area contributed by atoms with Crippen molar-refractivity contribution in [3.8, 4) is 17.2 Å². The highest BCUT2D eigenvalue weighted by molar-refractivity contribution is 5.81. The molecule has 2 rings (SSSR count). The van der Waals surface area contributed by atoms with E-state index >= 15 is 0 Å². The van der Waals surface area contributed by atoms with Gasteiger partial charge in [0.25, 0.3) is 0 Å². The van der Waals surface area contributed by atoms with Crippen LogP contribution in [-0.4, -0.2) is 69.3 Å². The van der Waals surface area contributed by atoms with Gasteiger partial charge in [0.2, 0.25) is 11.7 Å². The highest BCUT2D eigenvalue weighted by Gasteiger charge is 2.24. The highest BCUT2D eigenvalue weighted by Crippen LogP contribution is 2.38. The first kappa shape index (κ1) is 19.3. The van der Waals surface area contributed by atoms with Gasteiger partial charge in [-0.2, -0.15) is 0 Å². The van der Waals surface area contributed by atoms with Crippen LogP contribution in [0.4, 0.5) is 0 Å². The molecule has 1 aromatic carbocycles. The molecular weight excluding hydrogens is 322 g/mol. The van der Waals surface area contributed by atoms with Crippen molar-refractivity contribution in [2.75, 3.05) is 47.5 Å². The monoisotopic (exact) mass is 351 g/mol. The van der Waals surface area contributed by atoms with Gasteiger partial charge in [0.15, 0.2) is 11.5 Å². The first-order valence-electron chi connectivity index (χ1n) is 8.59. The fourth-order valence-corrected chi connectivity index (χ4v) is 3.02. The Kier molecular flexibility index (Phi) is 6.90. The molecule has 1 amide bonds. The van der Waals surface area contributed by atoms with E-state index in [1.54, 1.807) is 21.3 Å². The molecule has 25 heavy (non-hydrogen) atoms. The molecule has 0 spiro atoms. The molecular formula is C18H29N3O4. The molecule has 0 unspecified atom stereocenters. The van der Waals surface area contributed by atoms with Crippen LogP contribution in [0.5, 0.6) is 17.2 Å². The Labute approximate surface area is 149 Å². The van der Waals surface area contributed by atoms with Crippen molar-refractivity contribution >= 4 is 5.91 Å². The molecule has 7 heteroatoms. The second-order valence-corrected chi connectivity index (χ2v) is 6.15. The summed E-state index contributed by atoms with van der Waals surface area (Å²) < 4.78 is 16.2. The predicted molar refractivity (Wildman–Crippen MR) is 96.2 cm³/mol. The van der Waals surface area contributed by atoms with Crippen molar-refractivity contribution < 1.29 is 19.0 Å². The van der Waals surface area contributed by atoms with Crippen LogP contribution in [0.25, 0.3) is 0 Å². The summed E-state index contributed by atoms with van der Waals surface area (Å²) in [5.41, 5.74) is 6.94. The van der Waals surface area contributed by atoms with Crippen molar-refractivity contribution in [3.63, 3.8) is 0 Å². The van der Waals surface area contributed by atoms with E-state index in [4.69, 9.17) is 19.9 Å². The Hall–Kier alpha value is -1.99. The maximum absolute atomic E-state index is 12.2. The Morgan fingerprint density at radius 2 is 1.64 bits per heavy atom.